The monoisotopic (exact) mass is 772 g/mol. The molecule has 0 aromatic rings. The molecule has 0 saturated heterocycles. The van der Waals surface area contributed by atoms with Crippen molar-refractivity contribution in [3.8, 4) is 0 Å². The van der Waals surface area contributed by atoms with Crippen LogP contribution in [-0.2, 0) is 28.5 Å². The second-order valence-corrected chi connectivity index (χ2v) is 16.7. The number of rotatable bonds is 18. The van der Waals surface area contributed by atoms with E-state index >= 15 is 0 Å². The average molecular weight is 772 g/mol. The summed E-state index contributed by atoms with van der Waals surface area (Å²) in [5.41, 5.74) is -2.73. The lowest BCUT2D eigenvalue weighted by Crippen LogP contribution is -2.47. The maximum absolute atomic E-state index is 12.7. The topological polar surface area (TPSA) is 215 Å². The first-order valence-corrected chi connectivity index (χ1v) is 18.8. The van der Waals surface area contributed by atoms with Crippen LogP contribution in [0.4, 0.5) is 19.2 Å². The number of hydrogen-bond donors (Lipinski definition) is 5. The molecule has 0 aliphatic rings. The predicted molar refractivity (Wildman–Crippen MR) is 206 cm³/mol. The van der Waals surface area contributed by atoms with Crippen molar-refractivity contribution < 1.29 is 47.7 Å². The van der Waals surface area contributed by atoms with E-state index in [2.05, 4.69) is 31.6 Å². The third-order valence-electron chi connectivity index (χ3n) is 6.34. The minimum absolute atomic E-state index is 0.0756. The Labute approximate surface area is 322 Å². The first-order chi connectivity index (χ1) is 24.7. The molecule has 0 rings (SSSR count). The van der Waals surface area contributed by atoms with Gasteiger partial charge in [0.05, 0.1) is 0 Å². The van der Waals surface area contributed by atoms with Crippen molar-refractivity contribution >= 4 is 42.1 Å². The first kappa shape index (κ1) is 49.7. The maximum atomic E-state index is 12.7. The summed E-state index contributed by atoms with van der Waals surface area (Å²) >= 11 is 0. The summed E-state index contributed by atoms with van der Waals surface area (Å²) in [5.74, 6) is -0.842. The molecule has 0 aromatic carbocycles. The Morgan fingerprint density at radius 1 is 0.481 bits per heavy atom. The highest BCUT2D eigenvalue weighted by molar-refractivity contribution is 6.01. The lowest BCUT2D eigenvalue weighted by molar-refractivity contribution is -0.129. The largest absolute Gasteiger partial charge is 0.444 e. The van der Waals surface area contributed by atoms with Crippen LogP contribution in [-0.4, -0.2) is 109 Å². The number of guanidine groups is 1. The van der Waals surface area contributed by atoms with Gasteiger partial charge in [0.25, 0.3) is 0 Å². The Morgan fingerprint density at radius 3 is 1.37 bits per heavy atom. The van der Waals surface area contributed by atoms with Crippen LogP contribution in [0.2, 0.25) is 0 Å². The predicted octanol–water partition coefficient (Wildman–Crippen LogP) is 5.51. The van der Waals surface area contributed by atoms with Gasteiger partial charge in [0.15, 0.2) is 0 Å². The molecule has 0 atom stereocenters. The van der Waals surface area contributed by atoms with Crippen molar-refractivity contribution in [1.29, 1.82) is 0 Å². The molecule has 0 spiro atoms. The van der Waals surface area contributed by atoms with Crippen molar-refractivity contribution in [3.05, 3.63) is 0 Å². The van der Waals surface area contributed by atoms with Crippen molar-refractivity contribution in [1.82, 2.24) is 31.5 Å². The third kappa shape index (κ3) is 31.2. The molecular weight excluding hydrogens is 702 g/mol. The molecule has 0 saturated carbocycles. The van der Waals surface area contributed by atoms with Crippen LogP contribution in [0.15, 0.2) is 4.99 Å². The van der Waals surface area contributed by atoms with E-state index in [1.807, 2.05) is 0 Å². The molecule has 17 heteroatoms. The lowest BCUT2D eigenvalue weighted by Gasteiger charge is -2.27. The zero-order valence-corrected chi connectivity index (χ0v) is 34.9. The molecule has 5 N–H and O–H groups in total. The molecule has 0 fully saturated rings. The highest BCUT2D eigenvalue weighted by atomic mass is 16.6. The van der Waals surface area contributed by atoms with Crippen LogP contribution < -0.4 is 26.6 Å². The van der Waals surface area contributed by atoms with E-state index in [1.54, 1.807) is 88.0 Å². The van der Waals surface area contributed by atoms with E-state index in [-0.39, 0.29) is 18.3 Å². The van der Waals surface area contributed by atoms with Crippen molar-refractivity contribution in [2.75, 3.05) is 39.3 Å². The van der Waals surface area contributed by atoms with Gasteiger partial charge >= 0.3 is 24.4 Å². The van der Waals surface area contributed by atoms with Crippen molar-refractivity contribution in [3.63, 3.8) is 0 Å². The Hall–Kier alpha value is -4.31. The summed E-state index contributed by atoms with van der Waals surface area (Å²) in [7, 11) is 0. The average Bonchev–Trinajstić information content (AvgIpc) is 2.95. The van der Waals surface area contributed by atoms with E-state index < -0.39 is 52.7 Å². The van der Waals surface area contributed by atoms with E-state index in [4.69, 9.17) is 18.9 Å². The summed E-state index contributed by atoms with van der Waals surface area (Å²) in [4.78, 5) is 79.4. The highest BCUT2D eigenvalue weighted by Crippen LogP contribution is 2.12. The SMILES string of the molecule is CC(C)(C)OC(=O)NCCCN(CCCCNC(=O)CC(=O)NCCCCCCN=C(NC(=O)OC(C)(C)C)NC(=O)OC(C)(C)C)C(=O)OC(C)(C)C. The van der Waals surface area contributed by atoms with Gasteiger partial charge < -0.3 is 39.8 Å². The number of ether oxygens (including phenoxy) is 4. The number of alkyl carbamates (subject to hydrolysis) is 3. The minimum Gasteiger partial charge on any atom is -0.444 e. The number of nitrogens with one attached hydrogen (secondary N) is 5. The fourth-order valence-corrected chi connectivity index (χ4v) is 4.24. The van der Waals surface area contributed by atoms with E-state index in [9.17, 15) is 28.8 Å². The van der Waals surface area contributed by atoms with Crippen LogP contribution in [0.1, 0.15) is 134 Å². The van der Waals surface area contributed by atoms with Gasteiger partial charge in [-0.3, -0.25) is 25.2 Å². The molecule has 17 nitrogen and oxygen atoms in total. The van der Waals surface area contributed by atoms with Crippen LogP contribution in [0.3, 0.4) is 0 Å². The fourth-order valence-electron chi connectivity index (χ4n) is 4.24. The van der Waals surface area contributed by atoms with Gasteiger partial charge in [-0.05, 0) is 115 Å². The maximum Gasteiger partial charge on any atom is 0.414 e. The van der Waals surface area contributed by atoms with Gasteiger partial charge in [0, 0.05) is 39.3 Å². The van der Waals surface area contributed by atoms with Gasteiger partial charge in [0.2, 0.25) is 17.8 Å². The molecule has 0 aliphatic carbocycles. The standard InChI is InChI=1S/C37H69N7O10/c1-34(2,3)51-30(47)41-23-19-25-44(33(50)54-37(10,11)12)24-18-17-21-39-28(46)26-27(45)38-20-15-13-14-16-22-40-29(42-31(48)52-35(4,5)6)43-32(49)53-36(7,8)9/h13-26H2,1-12H3,(H,38,45)(H,39,46)(H,41,47)(H2,40,42,43,48,49). The lowest BCUT2D eigenvalue weighted by atomic mass is 10.2. The summed E-state index contributed by atoms with van der Waals surface area (Å²) in [6, 6.07) is 0. The number of amides is 6. The molecule has 6 amide bonds. The molecular formula is C37H69N7O10. The number of hydrogen-bond acceptors (Lipinski definition) is 11. The van der Waals surface area contributed by atoms with Gasteiger partial charge in [0.1, 0.15) is 28.8 Å². The van der Waals surface area contributed by atoms with Gasteiger partial charge in [-0.2, -0.15) is 0 Å². The van der Waals surface area contributed by atoms with Crippen LogP contribution in [0.5, 0.6) is 0 Å². The smallest absolute Gasteiger partial charge is 0.414 e. The van der Waals surface area contributed by atoms with Crippen molar-refractivity contribution in [2.24, 2.45) is 4.99 Å². The fraction of sp³-hybridized carbons (Fsp3) is 0.811. The summed E-state index contributed by atoms with van der Waals surface area (Å²) in [5, 5.41) is 13.1. The molecule has 312 valence electrons. The molecule has 54 heavy (non-hydrogen) atoms. The molecule has 0 heterocycles. The van der Waals surface area contributed by atoms with Gasteiger partial charge in [-0.15, -0.1) is 0 Å². The van der Waals surface area contributed by atoms with Gasteiger partial charge in [-0.1, -0.05) is 12.8 Å². The Balaban J connectivity index is 4.48. The zero-order valence-electron chi connectivity index (χ0n) is 34.9. The second-order valence-electron chi connectivity index (χ2n) is 16.7. The van der Waals surface area contributed by atoms with Crippen LogP contribution in [0, 0.1) is 0 Å². The zero-order chi connectivity index (χ0) is 41.6. The summed E-state index contributed by atoms with van der Waals surface area (Å²) < 4.78 is 21.2. The highest BCUT2D eigenvalue weighted by Gasteiger charge is 2.23. The molecule has 0 unspecified atom stereocenters. The normalized spacial score (nSPS) is 11.7. The number of carbonyl (C=O) groups is 6. The first-order valence-electron chi connectivity index (χ1n) is 18.8. The number of unbranched alkanes of at least 4 members (excludes halogenated alkanes) is 4. The Kier molecular flexibility index (Phi) is 22.2. The summed E-state index contributed by atoms with van der Waals surface area (Å²) in [6.45, 7) is 23.2. The number of nitrogens with zero attached hydrogens (tertiary/aromatic N) is 2. The van der Waals surface area contributed by atoms with Crippen LogP contribution >= 0.6 is 0 Å². The quantitative estimate of drug-likeness (QED) is 0.0387. The Morgan fingerprint density at radius 2 is 0.889 bits per heavy atom. The van der Waals surface area contributed by atoms with E-state index in [1.165, 1.54) is 0 Å². The molecule has 0 aromatic heterocycles. The summed E-state index contributed by atoms with van der Waals surface area (Å²) in [6.07, 6.45) is 1.82. The minimum atomic E-state index is -0.761. The van der Waals surface area contributed by atoms with E-state index in [0.717, 1.165) is 12.8 Å². The molecule has 0 radical (unpaired) electrons. The number of aliphatic imine (C=N–C) groups is 1. The van der Waals surface area contributed by atoms with Crippen molar-refractivity contribution in [2.45, 2.75) is 157 Å². The second kappa shape index (κ2) is 24.2. The molecule has 0 aliphatic heterocycles. The van der Waals surface area contributed by atoms with Crippen LogP contribution in [0.25, 0.3) is 0 Å². The van der Waals surface area contributed by atoms with E-state index in [0.29, 0.717) is 71.4 Å². The Bertz CT molecular complexity index is 1200. The molecule has 0 bridgehead atoms. The number of carbonyl (C=O) groups excluding carboxylic acids is 6. The van der Waals surface area contributed by atoms with Gasteiger partial charge in [-0.25, -0.2) is 19.2 Å². The third-order valence-corrected chi connectivity index (χ3v) is 6.34.